The summed E-state index contributed by atoms with van der Waals surface area (Å²) in [7, 11) is 7.18. The van der Waals surface area contributed by atoms with E-state index in [0.717, 1.165) is 0 Å². The van der Waals surface area contributed by atoms with Crippen molar-refractivity contribution in [3.8, 4) is 0 Å². The summed E-state index contributed by atoms with van der Waals surface area (Å²) in [4.78, 5) is 0. The summed E-state index contributed by atoms with van der Waals surface area (Å²) in [5, 5.41) is 0. The van der Waals surface area contributed by atoms with Crippen LogP contribution in [0.3, 0.4) is 0 Å². The molecule has 0 unspecified atom stereocenters. The van der Waals surface area contributed by atoms with E-state index in [0.29, 0.717) is 0 Å². The zero-order valence-corrected chi connectivity index (χ0v) is 10.4. The van der Waals surface area contributed by atoms with Crippen LogP contribution in [0.2, 0.25) is 0 Å². The zero-order chi connectivity index (χ0) is 8.98. The molecule has 0 aromatic carbocycles. The van der Waals surface area contributed by atoms with Crippen LogP contribution in [0.4, 0.5) is 0 Å². The number of rotatable bonds is 5. The summed E-state index contributed by atoms with van der Waals surface area (Å²) in [5.74, 6) is 0. The van der Waals surface area contributed by atoms with Gasteiger partial charge in [0.25, 0.3) is 0 Å². The Hall–Kier alpha value is 0.599. The molecule has 5 nitrogen and oxygen atoms in total. The van der Waals surface area contributed by atoms with E-state index < -0.39 is 19.1 Å². The Morgan fingerprint density at radius 2 is 0.727 bits per heavy atom. The molecule has 0 saturated heterocycles. The second-order valence-corrected chi connectivity index (χ2v) is 12.4. The molecule has 0 aliphatic carbocycles. The van der Waals surface area contributed by atoms with Crippen LogP contribution in [0.15, 0.2) is 0 Å². The molecule has 0 rings (SSSR count). The van der Waals surface area contributed by atoms with Gasteiger partial charge >= 0.3 is 70.0 Å². The van der Waals surface area contributed by atoms with Gasteiger partial charge in [0.2, 0.25) is 0 Å². The maximum atomic E-state index is 5.04. The summed E-state index contributed by atoms with van der Waals surface area (Å²) in [5.41, 5.74) is 0. The normalized spacial score (nSPS) is 15.9. The van der Waals surface area contributed by atoms with Gasteiger partial charge < -0.3 is 0 Å². The topological polar surface area (TPSA) is 46.2 Å². The van der Waals surface area contributed by atoms with Gasteiger partial charge in [-0.05, 0) is 0 Å². The van der Waals surface area contributed by atoms with Crippen molar-refractivity contribution in [3.05, 3.63) is 0 Å². The van der Waals surface area contributed by atoms with Gasteiger partial charge in [-0.1, -0.05) is 0 Å². The van der Waals surface area contributed by atoms with Crippen LogP contribution in [-0.4, -0.2) is 54.6 Å². The van der Waals surface area contributed by atoms with Gasteiger partial charge in [-0.2, -0.15) is 0 Å². The summed E-state index contributed by atoms with van der Waals surface area (Å²) >= 11 is -4.57. The molecule has 11 heavy (non-hydrogen) atoms. The Labute approximate surface area is 70.3 Å². The van der Waals surface area contributed by atoms with E-state index in [1.807, 2.05) is 0 Å². The van der Waals surface area contributed by atoms with E-state index >= 15 is 0 Å². The molecule has 0 fully saturated rings. The summed E-state index contributed by atoms with van der Waals surface area (Å²) in [6, 6.07) is 0. The van der Waals surface area contributed by atoms with Gasteiger partial charge in [0.1, 0.15) is 0 Å². The first-order chi connectivity index (χ1) is 5.12. The van der Waals surface area contributed by atoms with Crippen molar-refractivity contribution in [2.75, 3.05) is 35.5 Å². The van der Waals surface area contributed by atoms with Gasteiger partial charge in [0.15, 0.2) is 0 Å². The summed E-state index contributed by atoms with van der Waals surface area (Å²) < 4.78 is 25.2. The van der Waals surface area contributed by atoms with E-state index in [1.165, 1.54) is 35.5 Å². The van der Waals surface area contributed by atoms with Crippen LogP contribution in [-0.2, 0) is 15.4 Å². The van der Waals surface area contributed by atoms with Crippen molar-refractivity contribution >= 4 is 19.1 Å². The minimum atomic E-state index is -4.57. The molecule has 0 aromatic heterocycles. The maximum absolute atomic E-state index is 5.04. The van der Waals surface area contributed by atoms with Crippen molar-refractivity contribution < 1.29 is 15.4 Å². The molecule has 0 bridgehead atoms. The van der Waals surface area contributed by atoms with Crippen LogP contribution in [0.25, 0.3) is 0 Å². The molecule has 70 valence electrons. The molecule has 0 N–H and O–H groups in total. The first kappa shape index (κ1) is 11.6. The molecule has 0 aromatic rings. The first-order valence-electron chi connectivity index (χ1n) is 3.06. The Bertz CT molecular complexity index is 87.2. The minimum absolute atomic E-state index is 1.44. The fourth-order valence-corrected chi connectivity index (χ4v) is 5.59. The van der Waals surface area contributed by atoms with Crippen LogP contribution >= 0.6 is 0 Å². The molecule has 0 saturated carbocycles. The van der Waals surface area contributed by atoms with Crippen LogP contribution < -0.4 is 0 Å². The summed E-state index contributed by atoms with van der Waals surface area (Å²) in [6.07, 6.45) is 0. The van der Waals surface area contributed by atoms with Crippen molar-refractivity contribution in [1.29, 1.82) is 0 Å². The fourth-order valence-electron chi connectivity index (χ4n) is 0.833. The van der Waals surface area contributed by atoms with E-state index in [4.69, 9.17) is 15.4 Å². The molecule has 0 spiro atoms. The van der Waals surface area contributed by atoms with Crippen LogP contribution in [0.5, 0.6) is 0 Å². The molecular formula is C5H15O5Sn-. The van der Waals surface area contributed by atoms with E-state index in [1.54, 1.807) is 0 Å². The molecule has 0 radical (unpaired) electrons. The Morgan fingerprint density at radius 1 is 0.545 bits per heavy atom. The molecule has 0 amide bonds. The SMILES string of the molecule is C[O][Sn-]([O]C)([O]C)([O]C)[O]C. The first-order valence-corrected chi connectivity index (χ1v) is 8.89. The summed E-state index contributed by atoms with van der Waals surface area (Å²) in [6.45, 7) is 0. The van der Waals surface area contributed by atoms with Crippen LogP contribution in [0.1, 0.15) is 0 Å². The molecule has 0 aliphatic heterocycles. The predicted octanol–water partition coefficient (Wildman–Crippen LogP) is 0.105. The Morgan fingerprint density at radius 3 is 0.727 bits per heavy atom. The van der Waals surface area contributed by atoms with E-state index in [-0.39, 0.29) is 0 Å². The van der Waals surface area contributed by atoms with Crippen molar-refractivity contribution in [2.45, 2.75) is 0 Å². The third-order valence-electron chi connectivity index (χ3n) is 1.67. The van der Waals surface area contributed by atoms with Gasteiger partial charge in [0.05, 0.1) is 0 Å². The van der Waals surface area contributed by atoms with Gasteiger partial charge in [-0.15, -0.1) is 0 Å². The fraction of sp³-hybridized carbons (Fsp3) is 1.00. The zero-order valence-electron chi connectivity index (χ0n) is 7.54. The van der Waals surface area contributed by atoms with Gasteiger partial charge in [0, 0.05) is 0 Å². The van der Waals surface area contributed by atoms with Crippen molar-refractivity contribution in [1.82, 2.24) is 0 Å². The molecule has 0 aliphatic rings. The monoisotopic (exact) mass is 275 g/mol. The molecule has 0 atom stereocenters. The molecule has 0 heterocycles. The Kier molecular flexibility index (Phi) is 4.23. The van der Waals surface area contributed by atoms with Gasteiger partial charge in [-0.3, -0.25) is 0 Å². The van der Waals surface area contributed by atoms with E-state index in [9.17, 15) is 0 Å². The average molecular weight is 274 g/mol. The predicted molar refractivity (Wildman–Crippen MR) is 40.8 cm³/mol. The standard InChI is InChI=1S/5CH3O.Sn/c5*1-2;/h5*1H3;/q5*-1;+4. The molecule has 6 heteroatoms. The van der Waals surface area contributed by atoms with Crippen molar-refractivity contribution in [2.24, 2.45) is 0 Å². The number of hydrogen-bond acceptors (Lipinski definition) is 5. The quantitative estimate of drug-likeness (QED) is 0.665. The van der Waals surface area contributed by atoms with E-state index in [2.05, 4.69) is 0 Å². The average Bonchev–Trinajstić information content (AvgIpc) is 2.12. The third kappa shape index (κ3) is 1.85. The molecular weight excluding hydrogens is 259 g/mol. The second-order valence-electron chi connectivity index (χ2n) is 1.85. The third-order valence-corrected chi connectivity index (χ3v) is 11.2. The van der Waals surface area contributed by atoms with Gasteiger partial charge in [-0.25, -0.2) is 0 Å². The number of hydrogen-bond donors (Lipinski definition) is 0. The van der Waals surface area contributed by atoms with Crippen molar-refractivity contribution in [3.63, 3.8) is 0 Å². The Balaban J connectivity index is 4.67. The second kappa shape index (κ2) is 4.01. The van der Waals surface area contributed by atoms with Crippen LogP contribution in [0, 0.1) is 0 Å².